The third-order valence-corrected chi connectivity index (χ3v) is 3.71. The van der Waals surface area contributed by atoms with Crippen LogP contribution in [0, 0.1) is 5.41 Å². The van der Waals surface area contributed by atoms with E-state index < -0.39 is 0 Å². The van der Waals surface area contributed by atoms with Crippen LogP contribution in [0.2, 0.25) is 0 Å². The Labute approximate surface area is 112 Å². The number of rotatable bonds is 7. The summed E-state index contributed by atoms with van der Waals surface area (Å²) in [4.78, 5) is 0. The van der Waals surface area contributed by atoms with Crippen LogP contribution in [-0.4, -0.2) is 13.6 Å². The molecule has 0 aromatic heterocycles. The summed E-state index contributed by atoms with van der Waals surface area (Å²) in [5.41, 5.74) is 8.68. The van der Waals surface area contributed by atoms with Gasteiger partial charge in [-0.1, -0.05) is 51.5 Å². The van der Waals surface area contributed by atoms with Crippen molar-refractivity contribution in [3.63, 3.8) is 0 Å². The van der Waals surface area contributed by atoms with E-state index in [1.807, 2.05) is 7.05 Å². The molecule has 3 N–H and O–H groups in total. The van der Waals surface area contributed by atoms with Gasteiger partial charge >= 0.3 is 0 Å². The number of nitrogens with one attached hydrogen (secondary N) is 1. The Balaban J connectivity index is 2.88. The molecule has 0 saturated carbocycles. The smallest absolute Gasteiger partial charge is 0.0369 e. The van der Waals surface area contributed by atoms with Gasteiger partial charge in [-0.25, -0.2) is 0 Å². The molecule has 0 bridgehead atoms. The lowest BCUT2D eigenvalue weighted by Crippen LogP contribution is -2.33. The van der Waals surface area contributed by atoms with E-state index in [2.05, 4.69) is 50.4 Å². The summed E-state index contributed by atoms with van der Waals surface area (Å²) >= 11 is 0. The van der Waals surface area contributed by atoms with E-state index in [9.17, 15) is 0 Å². The molecule has 1 rings (SSSR count). The van der Waals surface area contributed by atoms with Crippen LogP contribution in [0.15, 0.2) is 24.3 Å². The van der Waals surface area contributed by atoms with Gasteiger partial charge in [0.25, 0.3) is 0 Å². The zero-order chi connectivity index (χ0) is 13.6. The predicted octanol–water partition coefficient (Wildman–Crippen LogP) is 3.27. The minimum Gasteiger partial charge on any atom is -0.330 e. The Morgan fingerprint density at radius 1 is 1.22 bits per heavy atom. The minimum atomic E-state index is 0.176. The molecule has 0 aliphatic carbocycles. The zero-order valence-electron chi connectivity index (χ0n) is 12.3. The molecule has 2 heteroatoms. The minimum absolute atomic E-state index is 0.176. The van der Waals surface area contributed by atoms with Crippen molar-refractivity contribution in [1.29, 1.82) is 0 Å². The standard InChI is InChI=1S/C16H28N2/c1-5-6-13-7-9-14(10-8-13)15(18-4)16(2,3)11-12-17/h7-10,15,18H,5-6,11-12,17H2,1-4H3. The van der Waals surface area contributed by atoms with Crippen LogP contribution in [0.3, 0.4) is 0 Å². The van der Waals surface area contributed by atoms with Gasteiger partial charge in [-0.3, -0.25) is 0 Å². The van der Waals surface area contributed by atoms with Crippen LogP contribution in [0.5, 0.6) is 0 Å². The lowest BCUT2D eigenvalue weighted by Gasteiger charge is -2.34. The molecule has 2 nitrogen and oxygen atoms in total. The van der Waals surface area contributed by atoms with E-state index in [4.69, 9.17) is 5.73 Å². The average molecular weight is 248 g/mol. The van der Waals surface area contributed by atoms with Crippen molar-refractivity contribution < 1.29 is 0 Å². The van der Waals surface area contributed by atoms with Gasteiger partial charge in [0.15, 0.2) is 0 Å². The number of nitrogens with two attached hydrogens (primary N) is 1. The number of aryl methyl sites for hydroxylation is 1. The molecule has 0 aliphatic rings. The Bertz CT molecular complexity index is 341. The monoisotopic (exact) mass is 248 g/mol. The van der Waals surface area contributed by atoms with E-state index in [0.717, 1.165) is 19.4 Å². The fourth-order valence-corrected chi connectivity index (χ4v) is 2.69. The first-order chi connectivity index (χ1) is 8.55. The average Bonchev–Trinajstić information content (AvgIpc) is 2.32. The van der Waals surface area contributed by atoms with Crippen molar-refractivity contribution in [1.82, 2.24) is 5.32 Å². The van der Waals surface area contributed by atoms with Crippen LogP contribution in [-0.2, 0) is 6.42 Å². The summed E-state index contributed by atoms with van der Waals surface area (Å²) in [5, 5.41) is 3.44. The fourth-order valence-electron chi connectivity index (χ4n) is 2.69. The van der Waals surface area contributed by atoms with Crippen molar-refractivity contribution in [3.05, 3.63) is 35.4 Å². The molecule has 1 aromatic carbocycles. The molecule has 0 spiro atoms. The molecule has 0 radical (unpaired) electrons. The second-order valence-corrected chi connectivity index (χ2v) is 5.74. The van der Waals surface area contributed by atoms with Gasteiger partial charge in [0.2, 0.25) is 0 Å². The van der Waals surface area contributed by atoms with Gasteiger partial charge in [0, 0.05) is 6.04 Å². The van der Waals surface area contributed by atoms with E-state index >= 15 is 0 Å². The highest BCUT2D eigenvalue weighted by Gasteiger charge is 2.28. The van der Waals surface area contributed by atoms with Gasteiger partial charge in [0.05, 0.1) is 0 Å². The van der Waals surface area contributed by atoms with Crippen molar-refractivity contribution in [3.8, 4) is 0 Å². The van der Waals surface area contributed by atoms with Crippen LogP contribution < -0.4 is 11.1 Å². The lowest BCUT2D eigenvalue weighted by atomic mass is 9.77. The molecule has 102 valence electrons. The van der Waals surface area contributed by atoms with E-state index in [1.165, 1.54) is 17.5 Å². The molecule has 18 heavy (non-hydrogen) atoms. The van der Waals surface area contributed by atoms with Gasteiger partial charge in [-0.2, -0.15) is 0 Å². The molecule has 1 unspecified atom stereocenters. The summed E-state index contributed by atoms with van der Waals surface area (Å²) in [7, 11) is 2.03. The molecule has 0 saturated heterocycles. The van der Waals surface area contributed by atoms with Gasteiger partial charge < -0.3 is 11.1 Å². The summed E-state index contributed by atoms with van der Waals surface area (Å²) in [6, 6.07) is 9.37. The zero-order valence-corrected chi connectivity index (χ0v) is 12.3. The second-order valence-electron chi connectivity index (χ2n) is 5.74. The third kappa shape index (κ3) is 3.82. The normalized spacial score (nSPS) is 13.6. The topological polar surface area (TPSA) is 38.0 Å². The second kappa shape index (κ2) is 6.91. The summed E-state index contributed by atoms with van der Waals surface area (Å²) in [6.45, 7) is 7.51. The maximum absolute atomic E-state index is 5.72. The number of hydrogen-bond acceptors (Lipinski definition) is 2. The van der Waals surface area contributed by atoms with E-state index in [0.29, 0.717) is 6.04 Å². The SMILES string of the molecule is CCCc1ccc(C(NC)C(C)(C)CCN)cc1. The maximum atomic E-state index is 5.72. The van der Waals surface area contributed by atoms with Crippen LogP contribution >= 0.6 is 0 Å². The Morgan fingerprint density at radius 3 is 2.28 bits per heavy atom. The lowest BCUT2D eigenvalue weighted by molar-refractivity contribution is 0.239. The van der Waals surface area contributed by atoms with Gasteiger partial charge in [0.1, 0.15) is 0 Å². The largest absolute Gasteiger partial charge is 0.330 e. The van der Waals surface area contributed by atoms with Crippen molar-refractivity contribution >= 4 is 0 Å². The highest BCUT2D eigenvalue weighted by atomic mass is 14.9. The molecule has 0 aliphatic heterocycles. The Kier molecular flexibility index (Phi) is 5.83. The van der Waals surface area contributed by atoms with Crippen molar-refractivity contribution in [2.45, 2.75) is 46.1 Å². The fraction of sp³-hybridized carbons (Fsp3) is 0.625. The third-order valence-electron chi connectivity index (χ3n) is 3.71. The quantitative estimate of drug-likeness (QED) is 0.777. The van der Waals surface area contributed by atoms with E-state index in [-0.39, 0.29) is 5.41 Å². The van der Waals surface area contributed by atoms with Crippen molar-refractivity contribution in [2.75, 3.05) is 13.6 Å². The first-order valence-electron chi connectivity index (χ1n) is 7.01. The molecular formula is C16H28N2. The molecular weight excluding hydrogens is 220 g/mol. The van der Waals surface area contributed by atoms with Gasteiger partial charge in [-0.15, -0.1) is 0 Å². The highest BCUT2D eigenvalue weighted by Crippen LogP contribution is 2.35. The summed E-state index contributed by atoms with van der Waals surface area (Å²) in [5.74, 6) is 0. The number of benzene rings is 1. The van der Waals surface area contributed by atoms with Crippen LogP contribution in [0.1, 0.15) is 50.8 Å². The first-order valence-corrected chi connectivity index (χ1v) is 7.01. The molecule has 0 fully saturated rings. The van der Waals surface area contributed by atoms with Gasteiger partial charge in [-0.05, 0) is 43.0 Å². The molecule has 1 atom stereocenters. The first kappa shape index (κ1) is 15.2. The molecule has 0 heterocycles. The van der Waals surface area contributed by atoms with Crippen LogP contribution in [0.25, 0.3) is 0 Å². The Morgan fingerprint density at radius 2 is 1.83 bits per heavy atom. The summed E-state index contributed by atoms with van der Waals surface area (Å²) < 4.78 is 0. The highest BCUT2D eigenvalue weighted by molar-refractivity contribution is 5.26. The Hall–Kier alpha value is -0.860. The van der Waals surface area contributed by atoms with Crippen molar-refractivity contribution in [2.24, 2.45) is 11.1 Å². The van der Waals surface area contributed by atoms with E-state index in [1.54, 1.807) is 0 Å². The molecule has 0 amide bonds. The number of hydrogen-bond donors (Lipinski definition) is 2. The molecule has 1 aromatic rings. The predicted molar refractivity (Wildman–Crippen MR) is 79.7 cm³/mol. The summed E-state index contributed by atoms with van der Waals surface area (Å²) in [6.07, 6.45) is 3.39. The van der Waals surface area contributed by atoms with Crippen LogP contribution in [0.4, 0.5) is 0 Å². The maximum Gasteiger partial charge on any atom is 0.0369 e.